The number of carbonyl (C=O) groups is 1. The molecule has 3 aromatic carbocycles. The first kappa shape index (κ1) is 23.9. The van der Waals surface area contributed by atoms with Crippen LogP contribution in [0.1, 0.15) is 17.0 Å². The van der Waals surface area contributed by atoms with E-state index in [0.717, 1.165) is 28.4 Å². The van der Waals surface area contributed by atoms with Crippen molar-refractivity contribution < 1.29 is 9.53 Å². The molecule has 0 spiro atoms. The number of carbonyl (C=O) groups excluding carboxylic acids is 1. The number of hydrogen-bond donors (Lipinski definition) is 1. The van der Waals surface area contributed by atoms with Crippen molar-refractivity contribution in [2.45, 2.75) is 18.0 Å². The normalized spacial score (nSPS) is 10.8. The molecule has 0 unspecified atom stereocenters. The molecule has 4 rings (SSSR count). The van der Waals surface area contributed by atoms with Gasteiger partial charge in [0, 0.05) is 23.7 Å². The Balaban J connectivity index is 1.42. The van der Waals surface area contributed by atoms with Crippen molar-refractivity contribution in [3.8, 4) is 11.4 Å². The number of ether oxygens (including phenoxy) is 1. The number of para-hydroxylation sites is 1. The van der Waals surface area contributed by atoms with Crippen LogP contribution in [0.4, 0.5) is 0 Å². The first-order chi connectivity index (χ1) is 16.6. The molecule has 0 aliphatic carbocycles. The SMILES string of the molecule is COc1ccccc1CCNC(=O)CSc1nnc(Cc2ccccc2)n1-c1ccc(Cl)cc1. The van der Waals surface area contributed by atoms with Gasteiger partial charge in [-0.1, -0.05) is 71.9 Å². The molecular weight excluding hydrogens is 468 g/mol. The van der Waals surface area contributed by atoms with Crippen LogP contribution in [-0.2, 0) is 17.6 Å². The minimum atomic E-state index is -0.0600. The minimum Gasteiger partial charge on any atom is -0.496 e. The van der Waals surface area contributed by atoms with E-state index in [1.54, 1.807) is 7.11 Å². The number of nitrogens with one attached hydrogen (secondary N) is 1. The summed E-state index contributed by atoms with van der Waals surface area (Å²) >= 11 is 7.45. The first-order valence-corrected chi connectivity index (χ1v) is 12.3. The number of hydrogen-bond acceptors (Lipinski definition) is 5. The zero-order valence-corrected chi connectivity index (χ0v) is 20.4. The summed E-state index contributed by atoms with van der Waals surface area (Å²) in [4.78, 5) is 12.5. The fraction of sp³-hybridized carbons (Fsp3) is 0.192. The maximum absolute atomic E-state index is 12.5. The summed E-state index contributed by atoms with van der Waals surface area (Å²) < 4.78 is 7.35. The van der Waals surface area contributed by atoms with Crippen LogP contribution >= 0.6 is 23.4 Å². The molecule has 0 saturated carbocycles. The minimum absolute atomic E-state index is 0.0600. The van der Waals surface area contributed by atoms with Crippen molar-refractivity contribution >= 4 is 29.3 Å². The average molecular weight is 493 g/mol. The molecular formula is C26H25ClN4O2S. The van der Waals surface area contributed by atoms with Gasteiger partial charge in [-0.2, -0.15) is 0 Å². The number of nitrogens with zero attached hydrogens (tertiary/aromatic N) is 3. The predicted octanol–water partition coefficient (Wildman–Crippen LogP) is 4.97. The van der Waals surface area contributed by atoms with Crippen molar-refractivity contribution in [3.05, 3.63) is 101 Å². The fourth-order valence-electron chi connectivity index (χ4n) is 3.56. The van der Waals surface area contributed by atoms with Crippen LogP contribution in [0, 0.1) is 0 Å². The highest BCUT2D eigenvalue weighted by Gasteiger charge is 2.16. The third kappa shape index (κ3) is 6.18. The van der Waals surface area contributed by atoms with E-state index in [1.165, 1.54) is 11.8 Å². The predicted molar refractivity (Wildman–Crippen MR) is 136 cm³/mol. The molecule has 0 aliphatic heterocycles. The Morgan fingerprint density at radius 3 is 2.50 bits per heavy atom. The number of thioether (sulfide) groups is 1. The van der Waals surface area contributed by atoms with E-state index >= 15 is 0 Å². The molecule has 0 radical (unpaired) electrons. The van der Waals surface area contributed by atoms with Gasteiger partial charge in [0.15, 0.2) is 5.16 Å². The summed E-state index contributed by atoms with van der Waals surface area (Å²) in [7, 11) is 1.65. The third-order valence-electron chi connectivity index (χ3n) is 5.23. The van der Waals surface area contributed by atoms with E-state index in [4.69, 9.17) is 16.3 Å². The van der Waals surface area contributed by atoms with Crippen LogP contribution in [-0.4, -0.2) is 40.1 Å². The Hall–Kier alpha value is -3.29. The number of halogens is 1. The molecule has 0 saturated heterocycles. The third-order valence-corrected chi connectivity index (χ3v) is 6.41. The Labute approximate surface area is 208 Å². The monoisotopic (exact) mass is 492 g/mol. The molecule has 0 bridgehead atoms. The first-order valence-electron chi connectivity index (χ1n) is 10.9. The Morgan fingerprint density at radius 2 is 1.74 bits per heavy atom. The van der Waals surface area contributed by atoms with Gasteiger partial charge in [-0.15, -0.1) is 10.2 Å². The van der Waals surface area contributed by atoms with Crippen LogP contribution in [0.25, 0.3) is 5.69 Å². The fourth-order valence-corrected chi connectivity index (χ4v) is 4.49. The van der Waals surface area contributed by atoms with E-state index in [-0.39, 0.29) is 11.7 Å². The van der Waals surface area contributed by atoms with Crippen LogP contribution in [0.2, 0.25) is 5.02 Å². The molecule has 1 heterocycles. The highest BCUT2D eigenvalue weighted by Crippen LogP contribution is 2.24. The number of methoxy groups -OCH3 is 1. The lowest BCUT2D eigenvalue weighted by Gasteiger charge is -2.11. The number of aromatic nitrogens is 3. The van der Waals surface area contributed by atoms with Crippen LogP contribution in [0.5, 0.6) is 5.75 Å². The lowest BCUT2D eigenvalue weighted by atomic mass is 10.1. The second kappa shape index (κ2) is 11.7. The molecule has 0 atom stereocenters. The Morgan fingerprint density at radius 1 is 1.00 bits per heavy atom. The maximum Gasteiger partial charge on any atom is 0.230 e. The molecule has 6 nitrogen and oxygen atoms in total. The number of amides is 1. The van der Waals surface area contributed by atoms with Crippen LogP contribution in [0.3, 0.4) is 0 Å². The van der Waals surface area contributed by atoms with Crippen molar-refractivity contribution in [1.29, 1.82) is 0 Å². The number of rotatable bonds is 10. The molecule has 34 heavy (non-hydrogen) atoms. The molecule has 1 amide bonds. The zero-order valence-electron chi connectivity index (χ0n) is 18.8. The standard InChI is InChI=1S/C26H25ClN4O2S/c1-33-23-10-6-5-9-20(23)15-16-28-25(32)18-34-26-30-29-24(17-19-7-3-2-4-8-19)31(26)22-13-11-21(27)12-14-22/h2-14H,15-18H2,1H3,(H,28,32). The maximum atomic E-state index is 12.5. The van der Waals surface area contributed by atoms with Crippen molar-refractivity contribution in [2.75, 3.05) is 19.4 Å². The molecule has 1 N–H and O–H groups in total. The topological polar surface area (TPSA) is 69.0 Å². The second-order valence-corrected chi connectivity index (χ2v) is 8.95. The lowest BCUT2D eigenvalue weighted by Crippen LogP contribution is -2.27. The quantitative estimate of drug-likeness (QED) is 0.316. The van der Waals surface area contributed by atoms with Gasteiger partial charge in [-0.05, 0) is 47.9 Å². The van der Waals surface area contributed by atoms with Gasteiger partial charge in [-0.25, -0.2) is 0 Å². The summed E-state index contributed by atoms with van der Waals surface area (Å²) in [5.74, 6) is 1.80. The van der Waals surface area contributed by atoms with Gasteiger partial charge in [0.25, 0.3) is 0 Å². The molecule has 0 aliphatic rings. The van der Waals surface area contributed by atoms with Gasteiger partial charge < -0.3 is 10.1 Å². The Kier molecular flexibility index (Phi) is 8.22. The van der Waals surface area contributed by atoms with Crippen molar-refractivity contribution in [1.82, 2.24) is 20.1 Å². The van der Waals surface area contributed by atoms with Gasteiger partial charge in [0.05, 0.1) is 12.9 Å². The molecule has 0 fully saturated rings. The van der Waals surface area contributed by atoms with Gasteiger partial charge >= 0.3 is 0 Å². The molecule has 4 aromatic rings. The van der Waals surface area contributed by atoms with E-state index in [2.05, 4.69) is 27.6 Å². The summed E-state index contributed by atoms with van der Waals surface area (Å²) in [6.07, 6.45) is 1.32. The molecule has 174 valence electrons. The average Bonchev–Trinajstić information content (AvgIpc) is 3.26. The van der Waals surface area contributed by atoms with E-state index in [1.807, 2.05) is 71.3 Å². The summed E-state index contributed by atoms with van der Waals surface area (Å²) in [5, 5.41) is 13.1. The summed E-state index contributed by atoms with van der Waals surface area (Å²) in [6.45, 7) is 0.531. The van der Waals surface area contributed by atoms with E-state index in [0.29, 0.717) is 29.6 Å². The van der Waals surface area contributed by atoms with Gasteiger partial charge in [0.2, 0.25) is 5.91 Å². The zero-order chi connectivity index (χ0) is 23.8. The van der Waals surface area contributed by atoms with E-state index in [9.17, 15) is 4.79 Å². The van der Waals surface area contributed by atoms with Gasteiger partial charge in [0.1, 0.15) is 11.6 Å². The van der Waals surface area contributed by atoms with E-state index < -0.39 is 0 Å². The number of benzene rings is 3. The van der Waals surface area contributed by atoms with Crippen LogP contribution in [0.15, 0.2) is 84.0 Å². The second-order valence-electron chi connectivity index (χ2n) is 7.57. The highest BCUT2D eigenvalue weighted by molar-refractivity contribution is 7.99. The van der Waals surface area contributed by atoms with Gasteiger partial charge in [-0.3, -0.25) is 9.36 Å². The van der Waals surface area contributed by atoms with Crippen molar-refractivity contribution in [2.24, 2.45) is 0 Å². The molecule has 8 heteroatoms. The largest absolute Gasteiger partial charge is 0.496 e. The molecule has 1 aromatic heterocycles. The highest BCUT2D eigenvalue weighted by atomic mass is 35.5. The summed E-state index contributed by atoms with van der Waals surface area (Å²) in [6, 6.07) is 25.5. The summed E-state index contributed by atoms with van der Waals surface area (Å²) in [5.41, 5.74) is 3.10. The smallest absolute Gasteiger partial charge is 0.230 e. The van der Waals surface area contributed by atoms with Crippen molar-refractivity contribution in [3.63, 3.8) is 0 Å². The Bertz CT molecular complexity index is 1230. The lowest BCUT2D eigenvalue weighted by molar-refractivity contribution is -0.118. The van der Waals surface area contributed by atoms with Crippen LogP contribution < -0.4 is 10.1 Å².